The maximum Gasteiger partial charge on any atom is 0.265 e. The molecule has 0 heterocycles. The van der Waals surface area contributed by atoms with Crippen LogP contribution >= 0.6 is 0 Å². The van der Waals surface area contributed by atoms with Crippen molar-refractivity contribution in [2.45, 2.75) is 39.7 Å². The van der Waals surface area contributed by atoms with Gasteiger partial charge in [-0.2, -0.15) is 0 Å². The third-order valence-corrected chi connectivity index (χ3v) is 5.25. The standard InChI is InChI=1S/C27H30N2O3/c1-4-24(32-25-18-19(2)14-15-20(25)3)27(31)29-23-13-9-8-12-22(23)26(30)28-17-16-21-10-6-5-7-11-21/h5-15,18,24H,4,16-17H2,1-3H3,(H,28,30)(H,29,31)/t24-/m0/s1. The Kier molecular flexibility index (Phi) is 8.03. The summed E-state index contributed by atoms with van der Waals surface area (Å²) in [4.78, 5) is 25.7. The van der Waals surface area contributed by atoms with E-state index in [1.165, 1.54) is 0 Å². The van der Waals surface area contributed by atoms with Gasteiger partial charge in [0.1, 0.15) is 5.75 Å². The number of hydrogen-bond acceptors (Lipinski definition) is 3. The Morgan fingerprint density at radius 2 is 1.66 bits per heavy atom. The van der Waals surface area contributed by atoms with Crippen LogP contribution in [0.25, 0.3) is 0 Å². The van der Waals surface area contributed by atoms with Crippen molar-refractivity contribution in [1.29, 1.82) is 0 Å². The number of nitrogens with one attached hydrogen (secondary N) is 2. The average Bonchev–Trinajstić information content (AvgIpc) is 2.80. The Morgan fingerprint density at radius 1 is 0.938 bits per heavy atom. The van der Waals surface area contributed by atoms with Gasteiger partial charge >= 0.3 is 0 Å². The molecule has 2 amide bonds. The molecule has 1 atom stereocenters. The SMILES string of the molecule is CC[C@H](Oc1cc(C)ccc1C)C(=O)Nc1ccccc1C(=O)NCCc1ccccc1. The highest BCUT2D eigenvalue weighted by atomic mass is 16.5. The minimum atomic E-state index is -0.662. The van der Waals surface area contributed by atoms with E-state index >= 15 is 0 Å². The van der Waals surface area contributed by atoms with E-state index in [4.69, 9.17) is 4.74 Å². The second kappa shape index (κ2) is 11.1. The third kappa shape index (κ3) is 6.20. The molecule has 0 fully saturated rings. The molecule has 0 aromatic heterocycles. The molecule has 3 aromatic rings. The smallest absolute Gasteiger partial charge is 0.265 e. The Hall–Kier alpha value is -3.60. The molecular weight excluding hydrogens is 400 g/mol. The summed E-state index contributed by atoms with van der Waals surface area (Å²) in [5.41, 5.74) is 4.09. The van der Waals surface area contributed by atoms with Crippen molar-refractivity contribution in [1.82, 2.24) is 5.32 Å². The molecule has 32 heavy (non-hydrogen) atoms. The normalized spacial score (nSPS) is 11.5. The first kappa shape index (κ1) is 23.1. The van der Waals surface area contributed by atoms with Crippen molar-refractivity contribution in [3.05, 3.63) is 95.1 Å². The molecule has 0 aliphatic rings. The van der Waals surface area contributed by atoms with Gasteiger partial charge < -0.3 is 15.4 Å². The summed E-state index contributed by atoms with van der Waals surface area (Å²) < 4.78 is 6.01. The first-order chi connectivity index (χ1) is 15.5. The fourth-order valence-corrected chi connectivity index (χ4v) is 3.37. The van der Waals surface area contributed by atoms with Crippen molar-refractivity contribution in [3.8, 4) is 5.75 Å². The van der Waals surface area contributed by atoms with Gasteiger partial charge in [-0.25, -0.2) is 0 Å². The van der Waals surface area contributed by atoms with Gasteiger partial charge in [0.15, 0.2) is 6.10 Å². The number of anilines is 1. The van der Waals surface area contributed by atoms with Crippen LogP contribution in [0.4, 0.5) is 5.69 Å². The van der Waals surface area contributed by atoms with Crippen LogP contribution in [0.3, 0.4) is 0 Å². The Balaban J connectivity index is 1.65. The van der Waals surface area contributed by atoms with Crippen LogP contribution in [0.15, 0.2) is 72.8 Å². The Bertz CT molecular complexity index is 1060. The van der Waals surface area contributed by atoms with Crippen molar-refractivity contribution in [3.63, 3.8) is 0 Å². The van der Waals surface area contributed by atoms with Crippen LogP contribution in [-0.4, -0.2) is 24.5 Å². The van der Waals surface area contributed by atoms with Gasteiger partial charge in [-0.1, -0.05) is 61.5 Å². The van der Waals surface area contributed by atoms with Gasteiger partial charge in [-0.3, -0.25) is 9.59 Å². The van der Waals surface area contributed by atoms with E-state index < -0.39 is 6.10 Å². The zero-order chi connectivity index (χ0) is 22.9. The Labute approximate surface area is 189 Å². The van der Waals surface area contributed by atoms with E-state index in [-0.39, 0.29) is 11.8 Å². The number of ether oxygens (including phenoxy) is 1. The summed E-state index contributed by atoms with van der Waals surface area (Å²) in [7, 11) is 0. The van der Waals surface area contributed by atoms with E-state index in [0.29, 0.717) is 30.0 Å². The molecule has 0 saturated carbocycles. The second-order valence-electron chi connectivity index (χ2n) is 7.81. The topological polar surface area (TPSA) is 67.4 Å². The molecule has 0 spiro atoms. The van der Waals surface area contributed by atoms with Crippen LogP contribution in [0, 0.1) is 13.8 Å². The number of benzene rings is 3. The Morgan fingerprint density at radius 3 is 2.41 bits per heavy atom. The maximum absolute atomic E-state index is 13.0. The molecular formula is C27H30N2O3. The molecule has 0 unspecified atom stereocenters. The lowest BCUT2D eigenvalue weighted by Gasteiger charge is -2.20. The highest BCUT2D eigenvalue weighted by Gasteiger charge is 2.21. The van der Waals surface area contributed by atoms with E-state index in [9.17, 15) is 9.59 Å². The van der Waals surface area contributed by atoms with Gasteiger partial charge in [-0.05, 0) is 61.6 Å². The second-order valence-corrected chi connectivity index (χ2v) is 7.81. The number of carbonyl (C=O) groups excluding carboxylic acids is 2. The third-order valence-electron chi connectivity index (χ3n) is 5.25. The van der Waals surface area contributed by atoms with Gasteiger partial charge in [-0.15, -0.1) is 0 Å². The molecule has 0 aliphatic heterocycles. The van der Waals surface area contributed by atoms with Crippen LogP contribution < -0.4 is 15.4 Å². The van der Waals surface area contributed by atoms with Crippen LogP contribution in [0.1, 0.15) is 40.4 Å². The molecule has 0 radical (unpaired) electrons. The first-order valence-corrected chi connectivity index (χ1v) is 10.9. The zero-order valence-electron chi connectivity index (χ0n) is 18.9. The summed E-state index contributed by atoms with van der Waals surface area (Å²) >= 11 is 0. The number of aryl methyl sites for hydroxylation is 2. The molecule has 0 bridgehead atoms. The van der Waals surface area contributed by atoms with Crippen LogP contribution in [-0.2, 0) is 11.2 Å². The van der Waals surface area contributed by atoms with Crippen LogP contribution in [0.2, 0.25) is 0 Å². The number of rotatable bonds is 9. The number of hydrogen-bond donors (Lipinski definition) is 2. The van der Waals surface area contributed by atoms with Crippen molar-refractivity contribution in [2.24, 2.45) is 0 Å². The molecule has 5 nitrogen and oxygen atoms in total. The van der Waals surface area contributed by atoms with Gasteiger partial charge in [0.05, 0.1) is 11.3 Å². The van der Waals surface area contributed by atoms with E-state index in [1.54, 1.807) is 24.3 Å². The highest BCUT2D eigenvalue weighted by molar-refractivity contribution is 6.04. The predicted molar refractivity (Wildman–Crippen MR) is 128 cm³/mol. The monoisotopic (exact) mass is 430 g/mol. The summed E-state index contributed by atoms with van der Waals surface area (Å²) in [6.07, 6.45) is 0.581. The first-order valence-electron chi connectivity index (χ1n) is 10.9. The number of para-hydroxylation sites is 1. The molecule has 0 aliphatic carbocycles. The molecule has 3 rings (SSSR count). The average molecular weight is 431 g/mol. The highest BCUT2D eigenvalue weighted by Crippen LogP contribution is 2.22. The van der Waals surface area contributed by atoms with Crippen LogP contribution in [0.5, 0.6) is 5.75 Å². The van der Waals surface area contributed by atoms with Crippen molar-refractivity contribution in [2.75, 3.05) is 11.9 Å². The number of amides is 2. The zero-order valence-corrected chi connectivity index (χ0v) is 18.9. The van der Waals surface area contributed by atoms with Gasteiger partial charge in [0.25, 0.3) is 11.8 Å². The summed E-state index contributed by atoms with van der Waals surface area (Å²) in [6, 6.07) is 22.9. The summed E-state index contributed by atoms with van der Waals surface area (Å²) in [5.74, 6) is 0.192. The van der Waals surface area contributed by atoms with Crippen molar-refractivity contribution < 1.29 is 14.3 Å². The fraction of sp³-hybridized carbons (Fsp3) is 0.259. The van der Waals surface area contributed by atoms with E-state index in [0.717, 1.165) is 23.1 Å². The predicted octanol–water partition coefficient (Wildman–Crippen LogP) is 5.07. The molecule has 5 heteroatoms. The molecule has 2 N–H and O–H groups in total. The lowest BCUT2D eigenvalue weighted by Crippen LogP contribution is -2.34. The molecule has 166 valence electrons. The quantitative estimate of drug-likeness (QED) is 0.498. The van der Waals surface area contributed by atoms with E-state index in [2.05, 4.69) is 10.6 Å². The fourth-order valence-electron chi connectivity index (χ4n) is 3.37. The minimum Gasteiger partial charge on any atom is -0.480 e. The summed E-state index contributed by atoms with van der Waals surface area (Å²) in [5, 5.41) is 5.82. The minimum absolute atomic E-state index is 0.222. The lowest BCUT2D eigenvalue weighted by molar-refractivity contribution is -0.122. The van der Waals surface area contributed by atoms with E-state index in [1.807, 2.05) is 69.3 Å². The molecule has 0 saturated heterocycles. The number of carbonyl (C=O) groups is 2. The summed E-state index contributed by atoms with van der Waals surface area (Å²) in [6.45, 7) is 6.35. The molecule has 3 aromatic carbocycles. The van der Waals surface area contributed by atoms with Gasteiger partial charge in [0.2, 0.25) is 0 Å². The maximum atomic E-state index is 13.0. The van der Waals surface area contributed by atoms with Crippen molar-refractivity contribution >= 4 is 17.5 Å². The largest absolute Gasteiger partial charge is 0.480 e. The lowest BCUT2D eigenvalue weighted by atomic mass is 10.1. The van der Waals surface area contributed by atoms with Gasteiger partial charge in [0, 0.05) is 6.54 Å².